The highest BCUT2D eigenvalue weighted by molar-refractivity contribution is 7.80. The molecule has 2 heterocycles. The second kappa shape index (κ2) is 5.54. The predicted molar refractivity (Wildman–Crippen MR) is 90.9 cm³/mol. The normalized spacial score (nSPS) is 11.1. The van der Waals surface area contributed by atoms with Crippen molar-refractivity contribution in [2.75, 3.05) is 0 Å². The van der Waals surface area contributed by atoms with E-state index < -0.39 is 0 Å². The molecule has 0 aliphatic heterocycles. The number of thiazole rings is 1. The predicted octanol–water partition coefficient (Wildman–Crippen LogP) is 2.99. The fraction of sp³-hybridized carbons (Fsp3) is 0.267. The Balaban J connectivity index is 2.07. The van der Waals surface area contributed by atoms with Crippen molar-refractivity contribution in [3.63, 3.8) is 0 Å². The fourth-order valence-corrected chi connectivity index (χ4v) is 3.39. The van der Waals surface area contributed by atoms with Gasteiger partial charge < -0.3 is 10.3 Å². The smallest absolute Gasteiger partial charge is 0.117 e. The fourth-order valence-electron chi connectivity index (χ4n) is 2.33. The molecule has 0 amide bonds. The summed E-state index contributed by atoms with van der Waals surface area (Å²) in [7, 11) is 0. The van der Waals surface area contributed by atoms with E-state index in [0.717, 1.165) is 27.6 Å². The van der Waals surface area contributed by atoms with E-state index in [1.54, 1.807) is 11.3 Å². The maximum atomic E-state index is 5.70. The summed E-state index contributed by atoms with van der Waals surface area (Å²) in [6.07, 6.45) is 0.507. The molecule has 2 aromatic heterocycles. The summed E-state index contributed by atoms with van der Waals surface area (Å²) >= 11 is 6.77. The number of hydrogen-bond acceptors (Lipinski definition) is 4. The number of rotatable bonds is 4. The van der Waals surface area contributed by atoms with Crippen molar-refractivity contribution in [3.8, 4) is 0 Å². The van der Waals surface area contributed by atoms with Gasteiger partial charge >= 0.3 is 0 Å². The average molecular weight is 316 g/mol. The lowest BCUT2D eigenvalue weighted by Gasteiger charge is -2.06. The van der Waals surface area contributed by atoms with Gasteiger partial charge in [0.1, 0.15) is 10.8 Å². The van der Waals surface area contributed by atoms with Crippen molar-refractivity contribution < 1.29 is 0 Å². The number of hydrogen-bond donors (Lipinski definition) is 1. The molecule has 3 rings (SSSR count). The van der Waals surface area contributed by atoms with Crippen LogP contribution >= 0.6 is 23.6 Å². The third kappa shape index (κ3) is 2.82. The summed E-state index contributed by atoms with van der Waals surface area (Å²) in [5.41, 5.74) is 8.85. The van der Waals surface area contributed by atoms with Gasteiger partial charge in [0, 0.05) is 4.88 Å². The summed E-state index contributed by atoms with van der Waals surface area (Å²) in [5.74, 6) is 0.897. The van der Waals surface area contributed by atoms with Crippen LogP contribution in [-0.4, -0.2) is 19.5 Å². The number of para-hydroxylation sites is 2. The monoisotopic (exact) mass is 316 g/mol. The zero-order valence-electron chi connectivity index (χ0n) is 12.0. The summed E-state index contributed by atoms with van der Waals surface area (Å²) in [6.45, 7) is 4.84. The van der Waals surface area contributed by atoms with Crippen LogP contribution < -0.4 is 5.73 Å². The standard InChI is InChI=1S/C15H16N4S2/c1-9-10(2)21-15(17-9)8-19-12-6-4-3-5-11(12)18-14(19)7-13(16)20/h3-6H,7-8H2,1-2H3,(H2,16,20). The highest BCUT2D eigenvalue weighted by Crippen LogP contribution is 2.22. The van der Waals surface area contributed by atoms with Crippen LogP contribution in [0.4, 0.5) is 0 Å². The number of benzene rings is 1. The van der Waals surface area contributed by atoms with Crippen molar-refractivity contribution in [1.29, 1.82) is 0 Å². The Bertz CT molecular complexity index is 797. The van der Waals surface area contributed by atoms with Gasteiger partial charge in [-0.1, -0.05) is 24.4 Å². The van der Waals surface area contributed by atoms with Crippen LogP contribution in [0.25, 0.3) is 11.0 Å². The lowest BCUT2D eigenvalue weighted by Crippen LogP contribution is -2.15. The van der Waals surface area contributed by atoms with Gasteiger partial charge in [0.25, 0.3) is 0 Å². The van der Waals surface area contributed by atoms with Gasteiger partial charge in [0.15, 0.2) is 0 Å². The van der Waals surface area contributed by atoms with Gasteiger partial charge in [-0.15, -0.1) is 11.3 Å². The zero-order chi connectivity index (χ0) is 15.0. The molecule has 0 saturated carbocycles. The minimum absolute atomic E-state index is 0.457. The molecule has 3 aromatic rings. The molecule has 0 aliphatic rings. The maximum absolute atomic E-state index is 5.70. The van der Waals surface area contributed by atoms with E-state index in [0.29, 0.717) is 18.0 Å². The molecule has 0 unspecified atom stereocenters. The molecule has 6 heteroatoms. The summed E-state index contributed by atoms with van der Waals surface area (Å²) in [4.78, 5) is 11.0. The number of aryl methyl sites for hydroxylation is 2. The van der Waals surface area contributed by atoms with Crippen molar-refractivity contribution >= 4 is 39.6 Å². The quantitative estimate of drug-likeness (QED) is 0.752. The molecular formula is C15H16N4S2. The topological polar surface area (TPSA) is 56.7 Å². The molecular weight excluding hydrogens is 300 g/mol. The molecule has 0 radical (unpaired) electrons. The van der Waals surface area contributed by atoms with Gasteiger partial charge in [-0.25, -0.2) is 9.97 Å². The van der Waals surface area contributed by atoms with Gasteiger partial charge in [-0.2, -0.15) is 0 Å². The molecule has 0 bridgehead atoms. The highest BCUT2D eigenvalue weighted by atomic mass is 32.1. The SMILES string of the molecule is Cc1nc(Cn2c(CC(N)=S)nc3ccccc32)sc1C. The Labute approximate surface area is 132 Å². The van der Waals surface area contributed by atoms with Crippen LogP contribution in [0.2, 0.25) is 0 Å². The minimum atomic E-state index is 0.457. The summed E-state index contributed by atoms with van der Waals surface area (Å²) < 4.78 is 2.16. The molecule has 108 valence electrons. The third-order valence-electron chi connectivity index (χ3n) is 3.43. The number of thiocarbonyl (C=S) groups is 1. The third-order valence-corrected chi connectivity index (χ3v) is 4.63. The molecule has 4 nitrogen and oxygen atoms in total. The second-order valence-electron chi connectivity index (χ2n) is 5.00. The van der Waals surface area contributed by atoms with E-state index >= 15 is 0 Å². The van der Waals surface area contributed by atoms with Crippen molar-refractivity contribution in [1.82, 2.24) is 14.5 Å². The van der Waals surface area contributed by atoms with E-state index in [9.17, 15) is 0 Å². The maximum Gasteiger partial charge on any atom is 0.117 e. The van der Waals surface area contributed by atoms with Crippen LogP contribution in [0.5, 0.6) is 0 Å². The number of aromatic nitrogens is 3. The first-order chi connectivity index (χ1) is 10.0. The molecule has 0 aliphatic carbocycles. The van der Waals surface area contributed by atoms with E-state index in [1.165, 1.54) is 4.88 Å². The Kier molecular flexibility index (Phi) is 3.73. The first-order valence-corrected chi connectivity index (χ1v) is 7.92. The van der Waals surface area contributed by atoms with Crippen LogP contribution in [0, 0.1) is 13.8 Å². The number of fused-ring (bicyclic) bond motifs is 1. The average Bonchev–Trinajstić information content (AvgIpc) is 2.91. The van der Waals surface area contributed by atoms with E-state index in [1.807, 2.05) is 25.1 Å². The van der Waals surface area contributed by atoms with Crippen LogP contribution in [-0.2, 0) is 13.0 Å². The molecule has 0 saturated heterocycles. The summed E-state index contributed by atoms with van der Waals surface area (Å²) in [5, 5.41) is 1.08. The largest absolute Gasteiger partial charge is 0.393 e. The first kappa shape index (κ1) is 14.2. The van der Waals surface area contributed by atoms with Gasteiger partial charge in [-0.3, -0.25) is 0 Å². The minimum Gasteiger partial charge on any atom is -0.393 e. The Morgan fingerprint density at radius 2 is 2.05 bits per heavy atom. The van der Waals surface area contributed by atoms with E-state index in [2.05, 4.69) is 27.5 Å². The summed E-state index contributed by atoms with van der Waals surface area (Å²) in [6, 6.07) is 8.08. The lowest BCUT2D eigenvalue weighted by molar-refractivity contribution is 0.766. The Hall–Kier alpha value is -1.79. The highest BCUT2D eigenvalue weighted by Gasteiger charge is 2.13. The number of nitrogens with zero attached hydrogens (tertiary/aromatic N) is 3. The molecule has 2 N–H and O–H groups in total. The van der Waals surface area contributed by atoms with Crippen LogP contribution in [0.3, 0.4) is 0 Å². The molecule has 0 atom stereocenters. The lowest BCUT2D eigenvalue weighted by atomic mass is 10.3. The van der Waals surface area contributed by atoms with E-state index in [-0.39, 0.29) is 0 Å². The van der Waals surface area contributed by atoms with Crippen molar-refractivity contribution in [2.45, 2.75) is 26.8 Å². The molecule has 0 spiro atoms. The van der Waals surface area contributed by atoms with Gasteiger partial charge in [0.2, 0.25) is 0 Å². The molecule has 1 aromatic carbocycles. The molecule has 0 fully saturated rings. The number of nitrogens with two attached hydrogens (primary N) is 1. The van der Waals surface area contributed by atoms with Crippen LogP contribution in [0.15, 0.2) is 24.3 Å². The van der Waals surface area contributed by atoms with Crippen molar-refractivity contribution in [2.24, 2.45) is 5.73 Å². The van der Waals surface area contributed by atoms with Gasteiger partial charge in [0.05, 0.1) is 34.7 Å². The van der Waals surface area contributed by atoms with Gasteiger partial charge in [-0.05, 0) is 26.0 Å². The van der Waals surface area contributed by atoms with Crippen LogP contribution in [0.1, 0.15) is 21.4 Å². The Morgan fingerprint density at radius 1 is 1.29 bits per heavy atom. The van der Waals surface area contributed by atoms with E-state index in [4.69, 9.17) is 18.0 Å². The number of imidazole rings is 1. The first-order valence-electron chi connectivity index (χ1n) is 6.70. The zero-order valence-corrected chi connectivity index (χ0v) is 13.6. The second-order valence-corrected chi connectivity index (χ2v) is 6.81. The van der Waals surface area contributed by atoms with Crippen molar-refractivity contribution in [3.05, 3.63) is 45.7 Å². The Morgan fingerprint density at radius 3 is 2.71 bits per heavy atom. The molecule has 21 heavy (non-hydrogen) atoms.